The summed E-state index contributed by atoms with van der Waals surface area (Å²) >= 11 is 0. The van der Waals surface area contributed by atoms with E-state index >= 15 is 0 Å². The predicted octanol–water partition coefficient (Wildman–Crippen LogP) is 6.47. The second-order valence-corrected chi connectivity index (χ2v) is 8.72. The number of fused-ring (bicyclic) bond motifs is 1. The van der Waals surface area contributed by atoms with E-state index in [-0.39, 0.29) is 12.4 Å². The summed E-state index contributed by atoms with van der Waals surface area (Å²) in [5.41, 5.74) is 3.02. The predicted molar refractivity (Wildman–Crippen MR) is 104 cm³/mol. The van der Waals surface area contributed by atoms with E-state index < -0.39 is 0 Å². The van der Waals surface area contributed by atoms with Gasteiger partial charge in [0, 0.05) is 6.42 Å². The highest BCUT2D eigenvalue weighted by Crippen LogP contribution is 2.40. The number of ether oxygens (including phenoxy) is 2. The van der Waals surface area contributed by atoms with Gasteiger partial charge in [0.1, 0.15) is 5.75 Å². The van der Waals surface area contributed by atoms with Crippen LogP contribution in [0.3, 0.4) is 0 Å². The smallest absolute Gasteiger partial charge is 0.200 e. The molecule has 1 fully saturated rings. The van der Waals surface area contributed by atoms with Crippen LogP contribution in [-0.2, 0) is 11.2 Å². The van der Waals surface area contributed by atoms with Gasteiger partial charge in [-0.25, -0.2) is 0 Å². The number of aryl methyl sites for hydroxylation is 1. The second kappa shape index (κ2) is 8.58. The Morgan fingerprint density at radius 3 is 2.44 bits per heavy atom. The molecule has 2 heteroatoms. The van der Waals surface area contributed by atoms with E-state index in [1.54, 1.807) is 0 Å². The fraction of sp³-hybridized carbons (Fsp3) is 0.739. The van der Waals surface area contributed by atoms with E-state index in [4.69, 9.17) is 9.47 Å². The summed E-state index contributed by atoms with van der Waals surface area (Å²) < 4.78 is 12.4. The number of hydrogen-bond donors (Lipinski definition) is 0. The average Bonchev–Trinajstić information content (AvgIpc) is 2.98. The van der Waals surface area contributed by atoms with Gasteiger partial charge in [-0.15, -0.1) is 0 Å². The Balaban J connectivity index is 1.66. The Bertz CT molecular complexity index is 543. The molecule has 2 aliphatic rings. The number of benzene rings is 1. The highest BCUT2D eigenvalue weighted by molar-refractivity contribution is 5.41. The molecular weight excluding hydrogens is 308 g/mol. The molecule has 3 rings (SSSR count). The largest absolute Gasteiger partial charge is 0.465 e. The molecule has 0 bridgehead atoms. The monoisotopic (exact) mass is 344 g/mol. The van der Waals surface area contributed by atoms with E-state index in [1.165, 1.54) is 56.1 Å². The zero-order valence-corrected chi connectivity index (χ0v) is 16.6. The van der Waals surface area contributed by atoms with Crippen LogP contribution in [0.15, 0.2) is 18.2 Å². The molecular formula is C23H36O2. The normalized spacial score (nSPS) is 22.4. The van der Waals surface area contributed by atoms with Crippen LogP contribution in [0.2, 0.25) is 0 Å². The van der Waals surface area contributed by atoms with Gasteiger partial charge in [-0.05, 0) is 67.7 Å². The molecule has 0 N–H and O–H groups in total. The molecule has 0 spiro atoms. The first-order valence-corrected chi connectivity index (χ1v) is 10.5. The summed E-state index contributed by atoms with van der Waals surface area (Å²) in [6.07, 6.45) is 10.4. The van der Waals surface area contributed by atoms with E-state index in [2.05, 4.69) is 45.9 Å². The fourth-order valence-electron chi connectivity index (χ4n) is 4.67. The molecule has 0 aliphatic heterocycles. The summed E-state index contributed by atoms with van der Waals surface area (Å²) in [5, 5.41) is 0. The van der Waals surface area contributed by atoms with Gasteiger partial charge in [0.05, 0.1) is 6.10 Å². The van der Waals surface area contributed by atoms with Crippen molar-refractivity contribution in [1.82, 2.24) is 0 Å². The van der Waals surface area contributed by atoms with Crippen LogP contribution in [0.4, 0.5) is 0 Å². The van der Waals surface area contributed by atoms with Gasteiger partial charge >= 0.3 is 0 Å². The Morgan fingerprint density at radius 2 is 1.76 bits per heavy atom. The summed E-state index contributed by atoms with van der Waals surface area (Å²) in [6.45, 7) is 8.88. The fourth-order valence-corrected chi connectivity index (χ4v) is 4.67. The Morgan fingerprint density at radius 1 is 1.00 bits per heavy atom. The van der Waals surface area contributed by atoms with Crippen molar-refractivity contribution in [3.8, 4) is 5.75 Å². The summed E-state index contributed by atoms with van der Waals surface area (Å²) in [6, 6.07) is 6.74. The van der Waals surface area contributed by atoms with Crippen molar-refractivity contribution in [1.29, 1.82) is 0 Å². The van der Waals surface area contributed by atoms with Gasteiger partial charge < -0.3 is 9.47 Å². The molecule has 1 saturated carbocycles. The molecule has 1 aromatic carbocycles. The van der Waals surface area contributed by atoms with Crippen LogP contribution < -0.4 is 4.74 Å². The van der Waals surface area contributed by atoms with Crippen molar-refractivity contribution in [2.45, 2.75) is 97.4 Å². The molecule has 140 valence electrons. The number of hydrogen-bond acceptors (Lipinski definition) is 2. The Kier molecular flexibility index (Phi) is 6.44. The highest BCUT2D eigenvalue weighted by atomic mass is 16.7. The van der Waals surface area contributed by atoms with Crippen molar-refractivity contribution < 1.29 is 9.47 Å². The third kappa shape index (κ3) is 5.00. The number of rotatable bonds is 7. The minimum absolute atomic E-state index is 0.108. The average molecular weight is 345 g/mol. The van der Waals surface area contributed by atoms with Gasteiger partial charge in [-0.2, -0.15) is 0 Å². The lowest BCUT2D eigenvalue weighted by Gasteiger charge is -2.28. The quantitative estimate of drug-likeness (QED) is 0.527. The van der Waals surface area contributed by atoms with Gasteiger partial charge in [0.15, 0.2) is 6.29 Å². The molecule has 0 saturated heterocycles. The first-order valence-electron chi connectivity index (χ1n) is 10.5. The minimum atomic E-state index is -0.108. The third-order valence-corrected chi connectivity index (χ3v) is 5.99. The molecule has 0 radical (unpaired) electrons. The lowest BCUT2D eigenvalue weighted by molar-refractivity contribution is -0.120. The third-order valence-electron chi connectivity index (χ3n) is 5.99. The van der Waals surface area contributed by atoms with Gasteiger partial charge in [0.2, 0.25) is 0 Å². The minimum Gasteiger partial charge on any atom is -0.465 e. The zero-order valence-electron chi connectivity index (χ0n) is 16.6. The maximum atomic E-state index is 6.33. The first-order chi connectivity index (χ1) is 12.0. The van der Waals surface area contributed by atoms with E-state index in [9.17, 15) is 0 Å². The first kappa shape index (κ1) is 18.8. The molecule has 2 unspecified atom stereocenters. The van der Waals surface area contributed by atoms with Crippen LogP contribution in [0.1, 0.15) is 89.7 Å². The van der Waals surface area contributed by atoms with Gasteiger partial charge in [-0.3, -0.25) is 0 Å². The van der Waals surface area contributed by atoms with Crippen LogP contribution in [0, 0.1) is 11.8 Å². The molecule has 0 aromatic heterocycles. The summed E-state index contributed by atoms with van der Waals surface area (Å²) in [4.78, 5) is 0. The van der Waals surface area contributed by atoms with Crippen molar-refractivity contribution in [3.63, 3.8) is 0 Å². The Hall–Kier alpha value is -1.02. The molecule has 25 heavy (non-hydrogen) atoms. The topological polar surface area (TPSA) is 18.5 Å². The maximum absolute atomic E-state index is 6.33. The van der Waals surface area contributed by atoms with E-state index in [0.717, 1.165) is 24.0 Å². The standard InChI is InChI=1S/C23H36O2/c1-16(2)21-12-10-19-15-20(11-13-22(19)21)25-23(24-17(3)4)14-18-8-6-5-7-9-18/h11,13,15-18,21,23H,5-10,12,14H2,1-4H3. The van der Waals surface area contributed by atoms with Crippen molar-refractivity contribution >= 4 is 0 Å². The molecule has 1 aromatic rings. The van der Waals surface area contributed by atoms with Crippen LogP contribution >= 0.6 is 0 Å². The molecule has 0 amide bonds. The van der Waals surface area contributed by atoms with Gasteiger partial charge in [-0.1, -0.05) is 52.0 Å². The molecule has 2 nitrogen and oxygen atoms in total. The molecule has 2 aliphatic carbocycles. The zero-order chi connectivity index (χ0) is 17.8. The van der Waals surface area contributed by atoms with Gasteiger partial charge in [0.25, 0.3) is 0 Å². The lowest BCUT2D eigenvalue weighted by Crippen LogP contribution is -2.28. The maximum Gasteiger partial charge on any atom is 0.200 e. The molecule has 0 heterocycles. The van der Waals surface area contributed by atoms with Crippen LogP contribution in [0.5, 0.6) is 5.75 Å². The van der Waals surface area contributed by atoms with E-state index in [1.807, 2.05) is 0 Å². The van der Waals surface area contributed by atoms with Crippen molar-refractivity contribution in [2.75, 3.05) is 0 Å². The van der Waals surface area contributed by atoms with Crippen molar-refractivity contribution in [2.24, 2.45) is 11.8 Å². The van der Waals surface area contributed by atoms with Crippen LogP contribution in [0.25, 0.3) is 0 Å². The van der Waals surface area contributed by atoms with Crippen LogP contribution in [-0.4, -0.2) is 12.4 Å². The van der Waals surface area contributed by atoms with E-state index in [0.29, 0.717) is 5.92 Å². The second-order valence-electron chi connectivity index (χ2n) is 8.72. The summed E-state index contributed by atoms with van der Waals surface area (Å²) in [5.74, 6) is 3.19. The SMILES string of the molecule is CC(C)OC(CC1CCCCC1)Oc1ccc2c(c1)CCC2C(C)C. The summed E-state index contributed by atoms with van der Waals surface area (Å²) in [7, 11) is 0. The Labute approximate surface area is 154 Å². The molecule has 2 atom stereocenters. The highest BCUT2D eigenvalue weighted by Gasteiger charge is 2.26. The lowest BCUT2D eigenvalue weighted by atomic mass is 9.87. The van der Waals surface area contributed by atoms with Crippen molar-refractivity contribution in [3.05, 3.63) is 29.3 Å².